The van der Waals surface area contributed by atoms with E-state index < -0.39 is 0 Å². The van der Waals surface area contributed by atoms with Crippen LogP contribution in [0.3, 0.4) is 0 Å². The van der Waals surface area contributed by atoms with Crippen LogP contribution in [0.2, 0.25) is 0 Å². The number of benzene rings is 4. The Labute approximate surface area is 161 Å². The van der Waals surface area contributed by atoms with Crippen LogP contribution >= 0.6 is 11.8 Å². The number of rotatable bonds is 3. The van der Waals surface area contributed by atoms with Gasteiger partial charge in [-0.15, -0.1) is 10.2 Å². The van der Waals surface area contributed by atoms with Crippen LogP contribution in [0.1, 0.15) is 5.56 Å². The van der Waals surface area contributed by atoms with Crippen molar-refractivity contribution in [3.63, 3.8) is 0 Å². The molecule has 0 atom stereocenters. The molecule has 0 aliphatic heterocycles. The highest BCUT2D eigenvalue weighted by Crippen LogP contribution is 2.42. The monoisotopic (exact) mass is 371 g/mol. The largest absolute Gasteiger partial charge is 0.505 e. The van der Waals surface area contributed by atoms with Gasteiger partial charge in [0.1, 0.15) is 5.69 Å². The summed E-state index contributed by atoms with van der Waals surface area (Å²) >= 11 is 1.30. The predicted molar refractivity (Wildman–Crippen MR) is 113 cm³/mol. The first-order chi connectivity index (χ1) is 13.2. The summed E-state index contributed by atoms with van der Waals surface area (Å²) in [5.74, 6) is 0.747. The van der Waals surface area contributed by atoms with E-state index in [1.807, 2.05) is 78.9 Å². The SMILES string of the molecule is N=C(N=Nc1c(O)c2ccccc2c2ccccc12)SCc1ccccc1. The van der Waals surface area contributed by atoms with Gasteiger partial charge in [-0.1, -0.05) is 90.6 Å². The Balaban J connectivity index is 1.67. The van der Waals surface area contributed by atoms with Crippen molar-refractivity contribution in [3.8, 4) is 5.75 Å². The van der Waals surface area contributed by atoms with Gasteiger partial charge in [0, 0.05) is 16.5 Å². The molecule has 5 heteroatoms. The molecule has 0 heterocycles. The fourth-order valence-electron chi connectivity index (χ4n) is 3.06. The summed E-state index contributed by atoms with van der Waals surface area (Å²) in [5.41, 5.74) is 1.52. The smallest absolute Gasteiger partial charge is 0.202 e. The van der Waals surface area contributed by atoms with Crippen LogP contribution in [0.5, 0.6) is 5.75 Å². The minimum atomic E-state index is 0.0916. The second kappa shape index (κ2) is 7.60. The van der Waals surface area contributed by atoms with E-state index in [-0.39, 0.29) is 10.9 Å². The summed E-state index contributed by atoms with van der Waals surface area (Å²) in [6.45, 7) is 0. The van der Waals surface area contributed by atoms with Gasteiger partial charge < -0.3 is 5.11 Å². The molecule has 0 radical (unpaired) electrons. The molecule has 0 aromatic heterocycles. The Morgan fingerprint density at radius 1 is 0.778 bits per heavy atom. The van der Waals surface area contributed by atoms with Crippen LogP contribution in [0, 0.1) is 5.41 Å². The third-order valence-corrected chi connectivity index (χ3v) is 5.17. The number of phenols is 1. The third-order valence-electron chi connectivity index (χ3n) is 4.34. The first-order valence-electron chi connectivity index (χ1n) is 8.53. The zero-order valence-corrected chi connectivity index (χ0v) is 15.3. The van der Waals surface area contributed by atoms with Crippen LogP contribution in [0.15, 0.2) is 89.1 Å². The number of phenolic OH excluding ortho intramolecular Hbond substituents is 1. The molecule has 0 saturated carbocycles. The van der Waals surface area contributed by atoms with Gasteiger partial charge >= 0.3 is 0 Å². The van der Waals surface area contributed by atoms with Gasteiger partial charge in [-0.05, 0) is 16.3 Å². The number of thioether (sulfide) groups is 1. The Morgan fingerprint density at radius 2 is 1.33 bits per heavy atom. The quantitative estimate of drug-likeness (QED) is 0.183. The van der Waals surface area contributed by atoms with Gasteiger partial charge in [-0.3, -0.25) is 5.41 Å². The lowest BCUT2D eigenvalue weighted by atomic mass is 9.99. The van der Waals surface area contributed by atoms with Crippen molar-refractivity contribution in [2.45, 2.75) is 5.75 Å². The molecule has 27 heavy (non-hydrogen) atoms. The molecule has 2 N–H and O–H groups in total. The van der Waals surface area contributed by atoms with E-state index in [2.05, 4.69) is 10.2 Å². The topological polar surface area (TPSA) is 68.8 Å². The molecule has 0 amide bonds. The van der Waals surface area contributed by atoms with E-state index in [4.69, 9.17) is 5.41 Å². The van der Waals surface area contributed by atoms with Crippen LogP contribution in [0.25, 0.3) is 21.5 Å². The third kappa shape index (κ3) is 3.55. The first kappa shape index (κ1) is 17.2. The molecular formula is C22H17N3OS. The van der Waals surface area contributed by atoms with E-state index in [9.17, 15) is 5.11 Å². The summed E-state index contributed by atoms with van der Waals surface area (Å²) in [5, 5.41) is 30.7. The van der Waals surface area contributed by atoms with Gasteiger partial charge in [0.15, 0.2) is 5.75 Å². The molecule has 0 aliphatic rings. The molecule has 0 spiro atoms. The Bertz CT molecular complexity index is 1160. The van der Waals surface area contributed by atoms with E-state index >= 15 is 0 Å². The molecule has 132 valence electrons. The summed E-state index contributed by atoms with van der Waals surface area (Å²) in [4.78, 5) is 0. The molecule has 0 fully saturated rings. The molecule has 4 aromatic carbocycles. The van der Waals surface area contributed by atoms with Gasteiger partial charge in [-0.2, -0.15) is 0 Å². The zero-order chi connectivity index (χ0) is 18.6. The van der Waals surface area contributed by atoms with Crippen LogP contribution in [-0.2, 0) is 5.75 Å². The molecule has 0 bridgehead atoms. The number of amidine groups is 1. The van der Waals surface area contributed by atoms with Crippen molar-refractivity contribution in [1.82, 2.24) is 0 Å². The maximum atomic E-state index is 10.7. The van der Waals surface area contributed by atoms with Crippen LogP contribution < -0.4 is 0 Å². The number of fused-ring (bicyclic) bond motifs is 3. The van der Waals surface area contributed by atoms with Gasteiger partial charge in [0.25, 0.3) is 0 Å². The van der Waals surface area contributed by atoms with Gasteiger partial charge in [-0.25, -0.2) is 0 Å². The lowest BCUT2D eigenvalue weighted by molar-refractivity contribution is 0.483. The maximum Gasteiger partial charge on any atom is 0.202 e. The zero-order valence-electron chi connectivity index (χ0n) is 14.5. The summed E-state index contributed by atoms with van der Waals surface area (Å²) in [7, 11) is 0. The van der Waals surface area contributed by atoms with Gasteiger partial charge in [0.05, 0.1) is 0 Å². The number of nitrogens with zero attached hydrogens (tertiary/aromatic N) is 2. The van der Waals surface area contributed by atoms with Crippen molar-refractivity contribution in [2.75, 3.05) is 0 Å². The van der Waals surface area contributed by atoms with Crippen LogP contribution in [-0.4, -0.2) is 10.3 Å². The molecule has 4 rings (SSSR count). The second-order valence-corrected chi connectivity index (χ2v) is 7.03. The fraction of sp³-hybridized carbons (Fsp3) is 0.0455. The van der Waals surface area contributed by atoms with Crippen molar-refractivity contribution < 1.29 is 5.11 Å². The Kier molecular flexibility index (Phi) is 4.85. The molecule has 4 nitrogen and oxygen atoms in total. The predicted octanol–water partition coefficient (Wildman–Crippen LogP) is 6.65. The average Bonchev–Trinajstić information content (AvgIpc) is 2.73. The van der Waals surface area contributed by atoms with Crippen molar-refractivity contribution in [1.29, 1.82) is 5.41 Å². The van der Waals surface area contributed by atoms with Crippen LogP contribution in [0.4, 0.5) is 5.69 Å². The number of azo groups is 1. The van der Waals surface area contributed by atoms with Crippen molar-refractivity contribution in [2.24, 2.45) is 10.2 Å². The van der Waals surface area contributed by atoms with E-state index in [1.54, 1.807) is 0 Å². The second-order valence-electron chi connectivity index (χ2n) is 6.07. The molecule has 0 unspecified atom stereocenters. The number of hydrogen-bond acceptors (Lipinski definition) is 4. The molecular weight excluding hydrogens is 354 g/mol. The molecule has 4 aromatic rings. The van der Waals surface area contributed by atoms with Crippen molar-refractivity contribution in [3.05, 3.63) is 84.4 Å². The summed E-state index contributed by atoms with van der Waals surface area (Å²) in [6, 6.07) is 25.4. The number of aromatic hydroxyl groups is 1. The number of hydrogen-bond donors (Lipinski definition) is 2. The average molecular weight is 371 g/mol. The Morgan fingerprint density at radius 3 is 2.04 bits per heavy atom. The summed E-state index contributed by atoms with van der Waals surface area (Å²) < 4.78 is 0. The summed E-state index contributed by atoms with van der Waals surface area (Å²) in [6.07, 6.45) is 0. The van der Waals surface area contributed by atoms with E-state index in [1.165, 1.54) is 11.8 Å². The van der Waals surface area contributed by atoms with Gasteiger partial charge in [0.2, 0.25) is 5.17 Å². The lowest BCUT2D eigenvalue weighted by Gasteiger charge is -2.09. The van der Waals surface area contributed by atoms with Crippen molar-refractivity contribution >= 4 is 44.2 Å². The molecule has 0 saturated heterocycles. The highest BCUT2D eigenvalue weighted by Gasteiger charge is 2.13. The minimum Gasteiger partial charge on any atom is -0.505 e. The standard InChI is InChI=1S/C22H17N3OS/c23-22(27-14-15-8-2-1-3-9-15)25-24-20-18-12-6-4-10-16(18)17-11-5-7-13-19(17)21(20)26/h1-13,23,26H,14H2. The molecule has 0 aliphatic carbocycles. The highest BCUT2D eigenvalue weighted by molar-refractivity contribution is 8.13. The minimum absolute atomic E-state index is 0.0916. The Hall–Kier alpha value is -3.18. The normalized spacial score (nSPS) is 11.4. The highest BCUT2D eigenvalue weighted by atomic mass is 32.2. The first-order valence-corrected chi connectivity index (χ1v) is 9.52. The van der Waals surface area contributed by atoms with E-state index in [0.29, 0.717) is 11.4 Å². The van der Waals surface area contributed by atoms with E-state index in [0.717, 1.165) is 27.1 Å². The number of nitrogens with one attached hydrogen (secondary N) is 1. The lowest BCUT2D eigenvalue weighted by Crippen LogP contribution is -1.86. The fourth-order valence-corrected chi connectivity index (χ4v) is 3.65. The maximum absolute atomic E-state index is 10.7.